The number of H-pyrrole nitrogens is 1. The highest BCUT2D eigenvalue weighted by Gasteiger charge is 2.31. The number of aromatic amines is 1. The third-order valence-corrected chi connectivity index (χ3v) is 6.90. The number of nitrogens with zero attached hydrogens (tertiary/aromatic N) is 3. The Hall–Kier alpha value is -2.26. The van der Waals surface area contributed by atoms with Gasteiger partial charge in [0.15, 0.2) is 0 Å². The van der Waals surface area contributed by atoms with Gasteiger partial charge in [-0.2, -0.15) is 9.40 Å². The molecule has 1 fully saturated rings. The van der Waals surface area contributed by atoms with Crippen LogP contribution in [0.2, 0.25) is 0 Å². The second kappa shape index (κ2) is 7.77. The lowest BCUT2D eigenvalue weighted by atomic mass is 10.1. The maximum absolute atomic E-state index is 13.0. The van der Waals surface area contributed by atoms with E-state index in [1.54, 1.807) is 30.9 Å². The first-order valence-corrected chi connectivity index (χ1v) is 10.3. The second-order valence-corrected chi connectivity index (χ2v) is 8.58. The molecule has 1 aromatic carbocycles. The van der Waals surface area contributed by atoms with Gasteiger partial charge >= 0.3 is 0 Å². The van der Waals surface area contributed by atoms with Gasteiger partial charge in [0.2, 0.25) is 15.9 Å². The van der Waals surface area contributed by atoms with Crippen LogP contribution in [0.15, 0.2) is 29.2 Å². The largest absolute Gasteiger partial charge is 0.341 e. The van der Waals surface area contributed by atoms with Crippen molar-refractivity contribution in [3.05, 3.63) is 47.0 Å². The van der Waals surface area contributed by atoms with E-state index < -0.39 is 10.0 Å². The molecule has 2 heterocycles. The van der Waals surface area contributed by atoms with Crippen molar-refractivity contribution < 1.29 is 17.6 Å². The van der Waals surface area contributed by atoms with Gasteiger partial charge in [-0.25, -0.2) is 12.8 Å². The van der Waals surface area contributed by atoms with Gasteiger partial charge in [0.1, 0.15) is 10.7 Å². The molecule has 3 rings (SSSR count). The number of rotatable bonds is 4. The lowest BCUT2D eigenvalue weighted by Crippen LogP contribution is -2.38. The molecule has 27 heavy (non-hydrogen) atoms. The molecule has 146 valence electrons. The molecule has 1 aliphatic rings. The quantitative estimate of drug-likeness (QED) is 0.854. The number of hydrogen-bond donors (Lipinski definition) is 1. The van der Waals surface area contributed by atoms with Gasteiger partial charge in [-0.1, -0.05) is 12.1 Å². The van der Waals surface area contributed by atoms with Crippen molar-refractivity contribution in [2.75, 3.05) is 26.2 Å². The van der Waals surface area contributed by atoms with E-state index in [0.29, 0.717) is 37.4 Å². The number of aryl methyl sites for hydroxylation is 2. The molecule has 1 saturated heterocycles. The summed E-state index contributed by atoms with van der Waals surface area (Å²) in [4.78, 5) is 14.4. The molecule has 1 aromatic heterocycles. The van der Waals surface area contributed by atoms with Gasteiger partial charge in [-0.05, 0) is 38.0 Å². The Morgan fingerprint density at radius 2 is 1.85 bits per heavy atom. The van der Waals surface area contributed by atoms with Crippen LogP contribution in [0.5, 0.6) is 0 Å². The Bertz CT molecular complexity index is 905. The summed E-state index contributed by atoms with van der Waals surface area (Å²) in [6.45, 7) is 4.76. The molecule has 9 heteroatoms. The maximum Gasteiger partial charge on any atom is 0.246 e. The third kappa shape index (κ3) is 4.19. The molecule has 0 atom stereocenters. The lowest BCUT2D eigenvalue weighted by molar-refractivity contribution is -0.130. The lowest BCUT2D eigenvalue weighted by Gasteiger charge is -2.22. The molecular formula is C18H23FN4O3S. The molecule has 1 amide bonds. The van der Waals surface area contributed by atoms with Crippen molar-refractivity contribution >= 4 is 15.9 Å². The van der Waals surface area contributed by atoms with Crippen LogP contribution in [0.1, 0.15) is 23.4 Å². The zero-order chi connectivity index (χ0) is 19.6. The Morgan fingerprint density at radius 1 is 1.15 bits per heavy atom. The summed E-state index contributed by atoms with van der Waals surface area (Å²) in [7, 11) is -3.66. The summed E-state index contributed by atoms with van der Waals surface area (Å²) in [6.07, 6.45) is 0.733. The standard InChI is InChI=1S/C18H23FN4O3S/c1-13-18(14(2)21-20-13)27(25,26)23-9-3-8-22(10-11-23)17(24)12-15-4-6-16(19)7-5-15/h4-7H,3,8-12H2,1-2H3,(H,20,21). The van der Waals surface area contributed by atoms with E-state index in [1.807, 2.05) is 0 Å². The normalized spacial score (nSPS) is 16.3. The van der Waals surface area contributed by atoms with Crippen molar-refractivity contribution in [2.45, 2.75) is 31.6 Å². The van der Waals surface area contributed by atoms with E-state index in [4.69, 9.17) is 0 Å². The summed E-state index contributed by atoms with van der Waals surface area (Å²) in [5.41, 5.74) is 1.70. The first-order chi connectivity index (χ1) is 12.8. The topological polar surface area (TPSA) is 86.4 Å². The van der Waals surface area contributed by atoms with Crippen LogP contribution >= 0.6 is 0 Å². The number of nitrogens with one attached hydrogen (secondary N) is 1. The molecule has 1 N–H and O–H groups in total. The van der Waals surface area contributed by atoms with Crippen LogP contribution < -0.4 is 0 Å². The van der Waals surface area contributed by atoms with Crippen LogP contribution in [0.3, 0.4) is 0 Å². The SMILES string of the molecule is Cc1n[nH]c(C)c1S(=O)(=O)N1CCCN(C(=O)Cc2ccc(F)cc2)CC1. The fraction of sp³-hybridized carbons (Fsp3) is 0.444. The Morgan fingerprint density at radius 3 is 2.48 bits per heavy atom. The minimum Gasteiger partial charge on any atom is -0.341 e. The van der Waals surface area contributed by atoms with E-state index >= 15 is 0 Å². The molecule has 0 bridgehead atoms. The maximum atomic E-state index is 13.0. The zero-order valence-corrected chi connectivity index (χ0v) is 16.2. The van der Waals surface area contributed by atoms with Gasteiger partial charge in [0.25, 0.3) is 0 Å². The Kier molecular flexibility index (Phi) is 5.61. The molecule has 7 nitrogen and oxygen atoms in total. The molecule has 0 unspecified atom stereocenters. The average Bonchev–Trinajstić information content (AvgIpc) is 2.83. The number of benzene rings is 1. The smallest absolute Gasteiger partial charge is 0.246 e. The number of halogens is 1. The van der Waals surface area contributed by atoms with Crippen molar-refractivity contribution in [1.82, 2.24) is 19.4 Å². The summed E-state index contributed by atoms with van der Waals surface area (Å²) in [5.74, 6) is -0.428. The van der Waals surface area contributed by atoms with Crippen molar-refractivity contribution in [3.8, 4) is 0 Å². The first kappa shape index (κ1) is 19.5. The monoisotopic (exact) mass is 394 g/mol. The minimum absolute atomic E-state index is 0.0865. The van der Waals surface area contributed by atoms with Crippen molar-refractivity contribution in [1.29, 1.82) is 0 Å². The zero-order valence-electron chi connectivity index (χ0n) is 15.4. The van der Waals surface area contributed by atoms with Crippen LogP contribution in [0, 0.1) is 19.7 Å². The molecule has 0 spiro atoms. The summed E-state index contributed by atoms with van der Waals surface area (Å²) >= 11 is 0. The Balaban J connectivity index is 1.68. The molecular weight excluding hydrogens is 371 g/mol. The number of aromatic nitrogens is 2. The van der Waals surface area contributed by atoms with Gasteiger partial charge in [-0.15, -0.1) is 0 Å². The predicted octanol–water partition coefficient (Wildman–Crippen LogP) is 1.63. The van der Waals surface area contributed by atoms with Crippen LogP contribution in [0.4, 0.5) is 4.39 Å². The number of amides is 1. The number of hydrogen-bond acceptors (Lipinski definition) is 4. The molecule has 0 aliphatic carbocycles. The molecule has 2 aromatic rings. The Labute approximate surface area is 158 Å². The third-order valence-electron chi connectivity index (χ3n) is 4.73. The fourth-order valence-corrected chi connectivity index (χ4v) is 5.12. The highest BCUT2D eigenvalue weighted by molar-refractivity contribution is 7.89. The van der Waals surface area contributed by atoms with Gasteiger partial charge in [0, 0.05) is 26.2 Å². The predicted molar refractivity (Wildman–Crippen MR) is 98.1 cm³/mol. The molecule has 0 radical (unpaired) electrons. The number of sulfonamides is 1. The van der Waals surface area contributed by atoms with E-state index in [2.05, 4.69) is 10.2 Å². The average molecular weight is 394 g/mol. The van der Waals surface area contributed by atoms with Crippen LogP contribution in [-0.4, -0.2) is 59.9 Å². The highest BCUT2D eigenvalue weighted by Crippen LogP contribution is 2.23. The van der Waals surface area contributed by atoms with Gasteiger partial charge < -0.3 is 4.90 Å². The van der Waals surface area contributed by atoms with Crippen molar-refractivity contribution in [3.63, 3.8) is 0 Å². The summed E-state index contributed by atoms with van der Waals surface area (Å²) in [5, 5.41) is 6.68. The van der Waals surface area contributed by atoms with Crippen molar-refractivity contribution in [2.24, 2.45) is 0 Å². The minimum atomic E-state index is -3.66. The van der Waals surface area contributed by atoms with Crippen LogP contribution in [-0.2, 0) is 21.2 Å². The van der Waals surface area contributed by atoms with Crippen LogP contribution in [0.25, 0.3) is 0 Å². The molecule has 0 saturated carbocycles. The van der Waals surface area contributed by atoms with E-state index in [0.717, 1.165) is 5.56 Å². The van der Waals surface area contributed by atoms with E-state index in [1.165, 1.54) is 16.4 Å². The number of carbonyl (C=O) groups excluding carboxylic acids is 1. The number of carbonyl (C=O) groups is 1. The van der Waals surface area contributed by atoms with E-state index in [9.17, 15) is 17.6 Å². The summed E-state index contributed by atoms with van der Waals surface area (Å²) < 4.78 is 40.4. The van der Waals surface area contributed by atoms with E-state index in [-0.39, 0.29) is 29.6 Å². The van der Waals surface area contributed by atoms with Gasteiger partial charge in [-0.3, -0.25) is 9.89 Å². The molecule has 1 aliphatic heterocycles. The highest BCUT2D eigenvalue weighted by atomic mass is 32.2. The second-order valence-electron chi connectivity index (χ2n) is 6.70. The van der Waals surface area contributed by atoms with Gasteiger partial charge in [0.05, 0.1) is 17.8 Å². The summed E-state index contributed by atoms with van der Waals surface area (Å²) in [6, 6.07) is 5.84. The fourth-order valence-electron chi connectivity index (χ4n) is 3.32. The first-order valence-electron chi connectivity index (χ1n) is 8.83.